The van der Waals surface area contributed by atoms with E-state index in [1.54, 1.807) is 0 Å². The lowest BCUT2D eigenvalue weighted by Crippen LogP contribution is -2.35. The van der Waals surface area contributed by atoms with Gasteiger partial charge in [-0.3, -0.25) is 4.79 Å². The van der Waals surface area contributed by atoms with Gasteiger partial charge >= 0.3 is 6.01 Å². The van der Waals surface area contributed by atoms with Crippen molar-refractivity contribution in [2.45, 2.75) is 40.2 Å². The number of anilines is 1. The molecular formula is C14H23N5O2. The fourth-order valence-corrected chi connectivity index (χ4v) is 2.04. The molecule has 0 saturated carbocycles. The van der Waals surface area contributed by atoms with Crippen molar-refractivity contribution in [1.82, 2.24) is 20.3 Å². The molecule has 2 rings (SSSR count). The Balaban J connectivity index is 2.11. The maximum Gasteiger partial charge on any atom is 0.321 e. The molecule has 0 atom stereocenters. The first kappa shape index (κ1) is 15.5. The van der Waals surface area contributed by atoms with E-state index in [1.165, 1.54) is 7.11 Å². The quantitative estimate of drug-likeness (QED) is 0.896. The molecule has 21 heavy (non-hydrogen) atoms. The topological polar surface area (TPSA) is 80.2 Å². The lowest BCUT2D eigenvalue weighted by atomic mass is 9.96. The van der Waals surface area contributed by atoms with Gasteiger partial charge in [0.15, 0.2) is 5.82 Å². The van der Waals surface area contributed by atoms with Crippen LogP contribution in [0, 0.1) is 5.41 Å². The summed E-state index contributed by atoms with van der Waals surface area (Å²) in [4.78, 5) is 26.9. The molecule has 1 saturated heterocycles. The number of amides is 1. The van der Waals surface area contributed by atoms with Crippen LogP contribution in [0.4, 0.5) is 5.95 Å². The van der Waals surface area contributed by atoms with Crippen LogP contribution in [-0.4, -0.2) is 41.1 Å². The molecule has 0 aliphatic carbocycles. The normalized spacial score (nSPS) is 15.1. The summed E-state index contributed by atoms with van der Waals surface area (Å²) in [6.07, 6.45) is 2.29. The highest BCUT2D eigenvalue weighted by Crippen LogP contribution is 2.18. The van der Waals surface area contributed by atoms with E-state index in [0.29, 0.717) is 11.8 Å². The van der Waals surface area contributed by atoms with Gasteiger partial charge < -0.3 is 15.0 Å². The Morgan fingerprint density at radius 1 is 1.24 bits per heavy atom. The smallest absolute Gasteiger partial charge is 0.321 e. The summed E-state index contributed by atoms with van der Waals surface area (Å²) in [5.41, 5.74) is -0.436. The number of methoxy groups -OCH3 is 1. The van der Waals surface area contributed by atoms with E-state index in [9.17, 15) is 4.79 Å². The van der Waals surface area contributed by atoms with Gasteiger partial charge in [0.2, 0.25) is 11.9 Å². The minimum absolute atomic E-state index is 0.0374. The van der Waals surface area contributed by atoms with E-state index in [-0.39, 0.29) is 18.5 Å². The van der Waals surface area contributed by atoms with Crippen LogP contribution in [0.3, 0.4) is 0 Å². The number of hydrogen-bond donors (Lipinski definition) is 1. The second kappa shape index (κ2) is 6.24. The maximum atomic E-state index is 11.9. The number of nitrogens with zero attached hydrogens (tertiary/aromatic N) is 4. The number of carbonyl (C=O) groups is 1. The minimum atomic E-state index is -0.436. The average molecular weight is 293 g/mol. The SMILES string of the molecule is COc1nc(CNC(=O)C(C)(C)C)nc(N2CCCC2)n1. The largest absolute Gasteiger partial charge is 0.467 e. The number of carbonyl (C=O) groups excluding carboxylic acids is 1. The van der Waals surface area contributed by atoms with Gasteiger partial charge in [-0.05, 0) is 12.8 Å². The van der Waals surface area contributed by atoms with E-state index < -0.39 is 5.41 Å². The van der Waals surface area contributed by atoms with E-state index in [0.717, 1.165) is 25.9 Å². The second-order valence-electron chi connectivity index (χ2n) is 6.17. The van der Waals surface area contributed by atoms with Crippen molar-refractivity contribution in [3.63, 3.8) is 0 Å². The molecule has 2 heterocycles. The molecule has 1 fully saturated rings. The zero-order valence-electron chi connectivity index (χ0n) is 13.1. The van der Waals surface area contributed by atoms with Gasteiger partial charge in [0.1, 0.15) is 0 Å². The summed E-state index contributed by atoms with van der Waals surface area (Å²) in [5, 5.41) is 2.84. The van der Waals surface area contributed by atoms with Gasteiger partial charge in [-0.25, -0.2) is 0 Å². The third-order valence-electron chi connectivity index (χ3n) is 3.31. The van der Waals surface area contributed by atoms with Crippen LogP contribution in [0.5, 0.6) is 6.01 Å². The zero-order valence-corrected chi connectivity index (χ0v) is 13.1. The maximum absolute atomic E-state index is 11.9. The highest BCUT2D eigenvalue weighted by molar-refractivity contribution is 5.81. The molecule has 7 heteroatoms. The number of ether oxygens (including phenoxy) is 1. The third-order valence-corrected chi connectivity index (χ3v) is 3.31. The molecule has 0 unspecified atom stereocenters. The molecule has 1 aliphatic rings. The van der Waals surface area contributed by atoms with Crippen molar-refractivity contribution < 1.29 is 9.53 Å². The van der Waals surface area contributed by atoms with Crippen molar-refractivity contribution in [2.24, 2.45) is 5.41 Å². The molecule has 7 nitrogen and oxygen atoms in total. The fraction of sp³-hybridized carbons (Fsp3) is 0.714. The Morgan fingerprint density at radius 2 is 1.90 bits per heavy atom. The van der Waals surface area contributed by atoms with E-state index in [2.05, 4.69) is 25.2 Å². The van der Waals surface area contributed by atoms with Crippen molar-refractivity contribution in [3.05, 3.63) is 5.82 Å². The highest BCUT2D eigenvalue weighted by Gasteiger charge is 2.22. The number of nitrogens with one attached hydrogen (secondary N) is 1. The van der Waals surface area contributed by atoms with Crippen molar-refractivity contribution in [1.29, 1.82) is 0 Å². The molecule has 1 aromatic rings. The fourth-order valence-electron chi connectivity index (χ4n) is 2.04. The Bertz CT molecular complexity index is 507. The average Bonchev–Trinajstić information content (AvgIpc) is 2.97. The number of hydrogen-bond acceptors (Lipinski definition) is 6. The lowest BCUT2D eigenvalue weighted by molar-refractivity contribution is -0.128. The van der Waals surface area contributed by atoms with Crippen molar-refractivity contribution in [2.75, 3.05) is 25.1 Å². The number of aromatic nitrogens is 3. The highest BCUT2D eigenvalue weighted by atomic mass is 16.5. The molecule has 1 aromatic heterocycles. The van der Waals surface area contributed by atoms with Crippen LogP contribution in [0.2, 0.25) is 0 Å². The third kappa shape index (κ3) is 4.03. The van der Waals surface area contributed by atoms with Crippen LogP contribution >= 0.6 is 0 Å². The molecule has 116 valence electrons. The molecule has 1 N–H and O–H groups in total. The summed E-state index contributed by atoms with van der Waals surface area (Å²) < 4.78 is 5.13. The number of rotatable bonds is 4. The minimum Gasteiger partial charge on any atom is -0.467 e. The Kier molecular flexibility index (Phi) is 4.59. The Morgan fingerprint density at radius 3 is 2.48 bits per heavy atom. The van der Waals surface area contributed by atoms with Crippen LogP contribution in [0.25, 0.3) is 0 Å². The summed E-state index contributed by atoms with van der Waals surface area (Å²) in [6.45, 7) is 7.77. The van der Waals surface area contributed by atoms with Crippen molar-refractivity contribution in [3.8, 4) is 6.01 Å². The van der Waals surface area contributed by atoms with E-state index in [1.807, 2.05) is 20.8 Å². The van der Waals surface area contributed by atoms with E-state index >= 15 is 0 Å². The van der Waals surface area contributed by atoms with Crippen molar-refractivity contribution >= 4 is 11.9 Å². The predicted molar refractivity (Wildman–Crippen MR) is 79.1 cm³/mol. The molecule has 0 radical (unpaired) electrons. The van der Waals surface area contributed by atoms with Gasteiger partial charge in [0.25, 0.3) is 0 Å². The predicted octanol–water partition coefficient (Wildman–Crippen LogP) is 1.14. The van der Waals surface area contributed by atoms with Gasteiger partial charge in [-0.1, -0.05) is 20.8 Å². The summed E-state index contributed by atoms with van der Waals surface area (Å²) in [5.74, 6) is 1.10. The van der Waals surface area contributed by atoms with Crippen LogP contribution in [0.15, 0.2) is 0 Å². The first-order chi connectivity index (χ1) is 9.90. The van der Waals surface area contributed by atoms with Gasteiger partial charge in [0.05, 0.1) is 13.7 Å². The van der Waals surface area contributed by atoms with Gasteiger partial charge in [-0.2, -0.15) is 15.0 Å². The monoisotopic (exact) mass is 293 g/mol. The van der Waals surface area contributed by atoms with Gasteiger partial charge in [0, 0.05) is 18.5 Å². The van der Waals surface area contributed by atoms with Crippen LogP contribution < -0.4 is 15.0 Å². The van der Waals surface area contributed by atoms with Crippen LogP contribution in [0.1, 0.15) is 39.4 Å². The van der Waals surface area contributed by atoms with Crippen LogP contribution in [-0.2, 0) is 11.3 Å². The summed E-state index contributed by atoms with van der Waals surface area (Å²) in [7, 11) is 1.53. The molecular weight excluding hydrogens is 270 g/mol. The molecule has 0 bridgehead atoms. The summed E-state index contributed by atoms with van der Waals surface area (Å²) in [6, 6.07) is 0.284. The Labute approximate surface area is 125 Å². The zero-order chi connectivity index (χ0) is 15.5. The van der Waals surface area contributed by atoms with Gasteiger partial charge in [-0.15, -0.1) is 0 Å². The Hall–Kier alpha value is -1.92. The lowest BCUT2D eigenvalue weighted by Gasteiger charge is -2.18. The van der Waals surface area contributed by atoms with E-state index in [4.69, 9.17) is 4.74 Å². The first-order valence-electron chi connectivity index (χ1n) is 7.22. The molecule has 1 amide bonds. The first-order valence-corrected chi connectivity index (χ1v) is 7.22. The summed E-state index contributed by atoms with van der Waals surface area (Å²) >= 11 is 0. The molecule has 0 aromatic carbocycles. The molecule has 1 aliphatic heterocycles. The second-order valence-corrected chi connectivity index (χ2v) is 6.17. The standard InChI is InChI=1S/C14H23N5O2/c1-14(2,3)11(20)15-9-10-16-12(18-13(17-10)21-4)19-7-5-6-8-19/h5-9H2,1-4H3,(H,15,20). The molecule has 0 spiro atoms.